The maximum atomic E-state index is 12.7. The highest BCUT2D eigenvalue weighted by Gasteiger charge is 2.26. The number of aromatic nitrogens is 2. The van der Waals surface area contributed by atoms with E-state index in [1.807, 2.05) is 44.2 Å². The van der Waals surface area contributed by atoms with Crippen molar-refractivity contribution in [1.82, 2.24) is 14.9 Å². The predicted octanol–water partition coefficient (Wildman–Crippen LogP) is 2.02. The first-order valence-electron chi connectivity index (χ1n) is 8.97. The van der Waals surface area contributed by atoms with Crippen LogP contribution in [-0.2, 0) is 4.79 Å². The minimum atomic E-state index is -0.219. The predicted molar refractivity (Wildman–Crippen MR) is 102 cm³/mol. The summed E-state index contributed by atoms with van der Waals surface area (Å²) in [5.74, 6) is 1.41. The molecule has 1 fully saturated rings. The second-order valence-corrected chi connectivity index (χ2v) is 6.17. The number of nitrogens with zero attached hydrogens (tertiary/aromatic N) is 4. The largest absolute Gasteiger partial charge is 0.492 e. The standard InChI is InChI=1S/C19H25N5O2/c1-3-26-17-8-5-4-7-16(17)22-18(25)15(2)23-11-13-24(14-12-23)19-20-9-6-10-21-19/h4-10,15H,3,11-14H2,1-2H3,(H,22,25). The van der Waals surface area contributed by atoms with Crippen LogP contribution in [0.15, 0.2) is 42.7 Å². The first kappa shape index (κ1) is 18.1. The van der Waals surface area contributed by atoms with Gasteiger partial charge >= 0.3 is 0 Å². The molecule has 0 saturated carbocycles. The van der Waals surface area contributed by atoms with Crippen LogP contribution in [0.3, 0.4) is 0 Å². The SMILES string of the molecule is CCOc1ccccc1NC(=O)C(C)N1CCN(c2ncccn2)CC1. The smallest absolute Gasteiger partial charge is 0.241 e. The fraction of sp³-hybridized carbons (Fsp3) is 0.421. The lowest BCUT2D eigenvalue weighted by Gasteiger charge is -2.37. The third-order valence-electron chi connectivity index (χ3n) is 4.52. The number of carbonyl (C=O) groups is 1. The molecule has 0 radical (unpaired) electrons. The number of para-hydroxylation sites is 2. The summed E-state index contributed by atoms with van der Waals surface area (Å²) in [7, 11) is 0. The van der Waals surface area contributed by atoms with Crippen LogP contribution in [0.4, 0.5) is 11.6 Å². The molecule has 1 aliphatic heterocycles. The lowest BCUT2D eigenvalue weighted by Crippen LogP contribution is -2.53. The van der Waals surface area contributed by atoms with Crippen LogP contribution >= 0.6 is 0 Å². The molecule has 2 heterocycles. The number of ether oxygens (including phenoxy) is 1. The molecule has 0 bridgehead atoms. The van der Waals surface area contributed by atoms with Crippen molar-refractivity contribution in [3.8, 4) is 5.75 Å². The molecule has 1 saturated heterocycles. The molecule has 2 aromatic rings. The van der Waals surface area contributed by atoms with E-state index in [0.717, 1.165) is 32.1 Å². The molecule has 1 aromatic carbocycles. The van der Waals surface area contributed by atoms with E-state index in [0.29, 0.717) is 18.0 Å². The topological polar surface area (TPSA) is 70.6 Å². The Morgan fingerprint density at radius 1 is 1.15 bits per heavy atom. The summed E-state index contributed by atoms with van der Waals surface area (Å²) in [4.78, 5) is 25.6. The molecule has 3 rings (SSSR count). The lowest BCUT2D eigenvalue weighted by molar-refractivity contribution is -0.120. The zero-order valence-corrected chi connectivity index (χ0v) is 15.3. The van der Waals surface area contributed by atoms with Crippen molar-refractivity contribution < 1.29 is 9.53 Å². The number of nitrogens with one attached hydrogen (secondary N) is 1. The Morgan fingerprint density at radius 3 is 2.54 bits per heavy atom. The van der Waals surface area contributed by atoms with E-state index < -0.39 is 0 Å². The van der Waals surface area contributed by atoms with Crippen molar-refractivity contribution in [2.75, 3.05) is 43.0 Å². The average Bonchev–Trinajstić information content (AvgIpc) is 2.70. The average molecular weight is 355 g/mol. The number of hydrogen-bond donors (Lipinski definition) is 1. The molecule has 138 valence electrons. The second kappa shape index (κ2) is 8.62. The third kappa shape index (κ3) is 4.29. The summed E-state index contributed by atoms with van der Waals surface area (Å²) < 4.78 is 5.58. The van der Waals surface area contributed by atoms with Crippen molar-refractivity contribution in [2.45, 2.75) is 19.9 Å². The fourth-order valence-corrected chi connectivity index (χ4v) is 3.02. The van der Waals surface area contributed by atoms with Gasteiger partial charge in [0.15, 0.2) is 0 Å². The van der Waals surface area contributed by atoms with Crippen LogP contribution in [0.5, 0.6) is 5.75 Å². The Labute approximate surface area is 154 Å². The number of anilines is 2. The number of amides is 1. The van der Waals surface area contributed by atoms with Gasteiger partial charge in [-0.25, -0.2) is 9.97 Å². The molecule has 1 N–H and O–H groups in total. The molecule has 1 amide bonds. The molecule has 1 unspecified atom stereocenters. The molecular formula is C19H25N5O2. The van der Waals surface area contributed by atoms with E-state index in [1.54, 1.807) is 12.4 Å². The van der Waals surface area contributed by atoms with Crippen LogP contribution in [0.1, 0.15) is 13.8 Å². The summed E-state index contributed by atoms with van der Waals surface area (Å²) in [5, 5.41) is 2.99. The van der Waals surface area contributed by atoms with Crippen molar-refractivity contribution in [2.24, 2.45) is 0 Å². The van der Waals surface area contributed by atoms with Gasteiger partial charge in [0.05, 0.1) is 18.3 Å². The number of hydrogen-bond acceptors (Lipinski definition) is 6. The van der Waals surface area contributed by atoms with Crippen LogP contribution < -0.4 is 15.0 Å². The highest BCUT2D eigenvalue weighted by atomic mass is 16.5. The van der Waals surface area contributed by atoms with Gasteiger partial charge in [-0.05, 0) is 32.0 Å². The Balaban J connectivity index is 1.57. The molecule has 7 nitrogen and oxygen atoms in total. The van der Waals surface area contributed by atoms with E-state index in [2.05, 4.69) is 25.1 Å². The van der Waals surface area contributed by atoms with Gasteiger partial charge in [0, 0.05) is 38.6 Å². The quantitative estimate of drug-likeness (QED) is 0.855. The summed E-state index contributed by atoms with van der Waals surface area (Å²) in [6.45, 7) is 7.62. The molecule has 7 heteroatoms. The summed E-state index contributed by atoms with van der Waals surface area (Å²) in [6, 6.07) is 9.11. The van der Waals surface area contributed by atoms with Gasteiger partial charge in [0.1, 0.15) is 5.75 Å². The number of rotatable bonds is 6. The minimum Gasteiger partial charge on any atom is -0.492 e. The molecule has 1 atom stereocenters. The minimum absolute atomic E-state index is 0.0263. The number of carbonyl (C=O) groups excluding carboxylic acids is 1. The van der Waals surface area contributed by atoms with Gasteiger partial charge in [0.2, 0.25) is 11.9 Å². The van der Waals surface area contributed by atoms with E-state index in [9.17, 15) is 4.79 Å². The van der Waals surface area contributed by atoms with Gasteiger partial charge < -0.3 is 15.0 Å². The Hall–Kier alpha value is -2.67. The first-order valence-corrected chi connectivity index (χ1v) is 8.97. The maximum Gasteiger partial charge on any atom is 0.241 e. The van der Waals surface area contributed by atoms with Crippen LogP contribution in [0.25, 0.3) is 0 Å². The second-order valence-electron chi connectivity index (χ2n) is 6.17. The Kier molecular flexibility index (Phi) is 6.01. The zero-order valence-electron chi connectivity index (χ0n) is 15.3. The molecule has 0 aliphatic carbocycles. The highest BCUT2D eigenvalue weighted by Crippen LogP contribution is 2.24. The lowest BCUT2D eigenvalue weighted by atomic mass is 10.2. The van der Waals surface area contributed by atoms with Gasteiger partial charge in [-0.3, -0.25) is 9.69 Å². The summed E-state index contributed by atoms with van der Waals surface area (Å²) in [5.41, 5.74) is 0.711. The van der Waals surface area contributed by atoms with E-state index in [1.165, 1.54) is 0 Å². The van der Waals surface area contributed by atoms with Crippen molar-refractivity contribution in [3.63, 3.8) is 0 Å². The van der Waals surface area contributed by atoms with Crippen LogP contribution in [0, 0.1) is 0 Å². The van der Waals surface area contributed by atoms with Crippen molar-refractivity contribution in [3.05, 3.63) is 42.7 Å². The van der Waals surface area contributed by atoms with Gasteiger partial charge in [-0.1, -0.05) is 12.1 Å². The Bertz CT molecular complexity index is 717. The molecule has 0 spiro atoms. The van der Waals surface area contributed by atoms with Gasteiger partial charge in [-0.15, -0.1) is 0 Å². The van der Waals surface area contributed by atoms with E-state index in [-0.39, 0.29) is 11.9 Å². The van der Waals surface area contributed by atoms with Crippen molar-refractivity contribution in [1.29, 1.82) is 0 Å². The molecule has 1 aliphatic rings. The molecule has 26 heavy (non-hydrogen) atoms. The molecular weight excluding hydrogens is 330 g/mol. The van der Waals surface area contributed by atoms with E-state index in [4.69, 9.17) is 4.74 Å². The third-order valence-corrected chi connectivity index (χ3v) is 4.52. The normalized spacial score (nSPS) is 16.2. The van der Waals surface area contributed by atoms with Crippen LogP contribution in [0.2, 0.25) is 0 Å². The van der Waals surface area contributed by atoms with Crippen LogP contribution in [-0.4, -0.2) is 59.6 Å². The van der Waals surface area contributed by atoms with Crippen molar-refractivity contribution >= 4 is 17.5 Å². The summed E-state index contributed by atoms with van der Waals surface area (Å²) >= 11 is 0. The Morgan fingerprint density at radius 2 is 1.85 bits per heavy atom. The monoisotopic (exact) mass is 355 g/mol. The molecule has 1 aromatic heterocycles. The zero-order chi connectivity index (χ0) is 18.4. The number of piperazine rings is 1. The van der Waals surface area contributed by atoms with Gasteiger partial charge in [-0.2, -0.15) is 0 Å². The highest BCUT2D eigenvalue weighted by molar-refractivity contribution is 5.95. The first-order chi connectivity index (χ1) is 12.7. The fourth-order valence-electron chi connectivity index (χ4n) is 3.02. The number of benzene rings is 1. The van der Waals surface area contributed by atoms with E-state index >= 15 is 0 Å². The summed E-state index contributed by atoms with van der Waals surface area (Å²) in [6.07, 6.45) is 3.50. The maximum absolute atomic E-state index is 12.7. The van der Waals surface area contributed by atoms with Gasteiger partial charge in [0.25, 0.3) is 0 Å².